The highest BCUT2D eigenvalue weighted by Crippen LogP contribution is 2.26. The Labute approximate surface area is 112 Å². The van der Waals surface area contributed by atoms with Crippen molar-refractivity contribution in [2.45, 2.75) is 13.5 Å². The second-order valence-corrected chi connectivity index (χ2v) is 4.16. The highest BCUT2D eigenvalue weighted by molar-refractivity contribution is 5.57. The highest BCUT2D eigenvalue weighted by atomic mass is 16.5. The molecule has 0 atom stereocenters. The van der Waals surface area contributed by atoms with Gasteiger partial charge in [-0.25, -0.2) is 4.98 Å². The maximum atomic E-state index is 5.69. The van der Waals surface area contributed by atoms with E-state index in [1.807, 2.05) is 25.1 Å². The first-order valence-electron chi connectivity index (χ1n) is 6.13. The number of aromatic nitrogens is 1. The number of anilines is 1. The molecule has 0 amide bonds. The molecule has 1 N–H and O–H groups in total. The van der Waals surface area contributed by atoms with Gasteiger partial charge in [-0.2, -0.15) is 0 Å². The van der Waals surface area contributed by atoms with Gasteiger partial charge in [0.15, 0.2) is 6.39 Å². The Bertz CT molecular complexity index is 497. The summed E-state index contributed by atoms with van der Waals surface area (Å²) in [6.45, 7) is 3.69. The highest BCUT2D eigenvalue weighted by Gasteiger charge is 2.05. The molecular formula is C14H18N2O3. The fraction of sp³-hybridized carbons (Fsp3) is 0.357. The lowest BCUT2D eigenvalue weighted by Crippen LogP contribution is -2.07. The molecular weight excluding hydrogens is 244 g/mol. The van der Waals surface area contributed by atoms with E-state index < -0.39 is 0 Å². The molecule has 0 aliphatic heterocycles. The normalized spacial score (nSPS) is 10.4. The van der Waals surface area contributed by atoms with Crippen LogP contribution in [-0.4, -0.2) is 25.3 Å². The average Bonchev–Trinajstić information content (AvgIpc) is 2.91. The summed E-state index contributed by atoms with van der Waals surface area (Å²) in [4.78, 5) is 3.88. The molecule has 5 heteroatoms. The Morgan fingerprint density at radius 3 is 2.95 bits per heavy atom. The quantitative estimate of drug-likeness (QED) is 0.777. The van der Waals surface area contributed by atoms with Gasteiger partial charge in [0.25, 0.3) is 0 Å². The predicted octanol–water partition coefficient (Wildman–Crippen LogP) is 2.62. The summed E-state index contributed by atoms with van der Waals surface area (Å²) >= 11 is 0. The van der Waals surface area contributed by atoms with Crippen LogP contribution in [0, 0.1) is 6.92 Å². The van der Waals surface area contributed by atoms with Gasteiger partial charge in [0.2, 0.25) is 0 Å². The Balaban J connectivity index is 2.01. The molecule has 1 aromatic heterocycles. The molecule has 0 saturated carbocycles. The molecule has 0 saturated heterocycles. The number of nitrogens with zero attached hydrogens (tertiary/aromatic N) is 1. The van der Waals surface area contributed by atoms with Gasteiger partial charge in [0.1, 0.15) is 18.1 Å². The summed E-state index contributed by atoms with van der Waals surface area (Å²) in [7, 11) is 1.66. The van der Waals surface area contributed by atoms with Crippen molar-refractivity contribution < 1.29 is 13.9 Å². The summed E-state index contributed by atoms with van der Waals surface area (Å²) < 4.78 is 15.9. The molecule has 0 radical (unpaired) electrons. The molecule has 102 valence electrons. The van der Waals surface area contributed by atoms with Crippen molar-refractivity contribution >= 4 is 5.69 Å². The molecule has 2 rings (SSSR count). The van der Waals surface area contributed by atoms with Gasteiger partial charge < -0.3 is 19.2 Å². The molecule has 0 spiro atoms. The van der Waals surface area contributed by atoms with Crippen LogP contribution in [0.15, 0.2) is 35.2 Å². The first-order valence-corrected chi connectivity index (χ1v) is 6.13. The van der Waals surface area contributed by atoms with Crippen LogP contribution in [0.25, 0.3) is 0 Å². The maximum Gasteiger partial charge on any atom is 0.180 e. The third kappa shape index (κ3) is 3.99. The Kier molecular flexibility index (Phi) is 4.80. The number of hydrogen-bond acceptors (Lipinski definition) is 5. The minimum Gasteiger partial charge on any atom is -0.489 e. The molecule has 1 heterocycles. The van der Waals surface area contributed by atoms with Gasteiger partial charge >= 0.3 is 0 Å². The number of ether oxygens (including phenoxy) is 2. The van der Waals surface area contributed by atoms with E-state index in [9.17, 15) is 0 Å². The summed E-state index contributed by atoms with van der Waals surface area (Å²) in [6.07, 6.45) is 3.11. The van der Waals surface area contributed by atoms with E-state index in [-0.39, 0.29) is 0 Å². The fourth-order valence-corrected chi connectivity index (χ4v) is 1.64. The number of hydrogen-bond donors (Lipinski definition) is 1. The third-order valence-electron chi connectivity index (χ3n) is 2.62. The first-order chi connectivity index (χ1) is 9.29. The number of aryl methyl sites for hydroxylation is 1. The van der Waals surface area contributed by atoms with Gasteiger partial charge in [0, 0.05) is 7.11 Å². The van der Waals surface area contributed by atoms with E-state index in [0.717, 1.165) is 22.8 Å². The molecule has 5 nitrogen and oxygen atoms in total. The second kappa shape index (κ2) is 6.80. The van der Waals surface area contributed by atoms with E-state index in [4.69, 9.17) is 13.9 Å². The van der Waals surface area contributed by atoms with Crippen molar-refractivity contribution in [3.63, 3.8) is 0 Å². The van der Waals surface area contributed by atoms with Gasteiger partial charge in [0.05, 0.1) is 25.0 Å². The first kappa shape index (κ1) is 13.4. The molecule has 0 fully saturated rings. The van der Waals surface area contributed by atoms with E-state index >= 15 is 0 Å². The lowest BCUT2D eigenvalue weighted by molar-refractivity contribution is 0.146. The van der Waals surface area contributed by atoms with Crippen LogP contribution < -0.4 is 10.1 Å². The zero-order valence-electron chi connectivity index (χ0n) is 11.2. The van der Waals surface area contributed by atoms with Crippen molar-refractivity contribution in [2.24, 2.45) is 0 Å². The third-order valence-corrected chi connectivity index (χ3v) is 2.62. The van der Waals surface area contributed by atoms with Gasteiger partial charge in [-0.15, -0.1) is 0 Å². The van der Waals surface area contributed by atoms with Crippen molar-refractivity contribution in [1.82, 2.24) is 4.98 Å². The lowest BCUT2D eigenvalue weighted by Gasteiger charge is -2.13. The molecule has 19 heavy (non-hydrogen) atoms. The molecule has 0 aliphatic rings. The average molecular weight is 262 g/mol. The summed E-state index contributed by atoms with van der Waals surface area (Å²) in [6, 6.07) is 6.03. The van der Waals surface area contributed by atoms with Crippen molar-refractivity contribution in [3.05, 3.63) is 42.1 Å². The van der Waals surface area contributed by atoms with Gasteiger partial charge in [-0.05, 0) is 24.6 Å². The molecule has 0 aliphatic carbocycles. The van der Waals surface area contributed by atoms with Crippen LogP contribution in [0.5, 0.6) is 5.75 Å². The second-order valence-electron chi connectivity index (χ2n) is 4.16. The van der Waals surface area contributed by atoms with Crippen LogP contribution in [0.3, 0.4) is 0 Å². The number of nitrogens with one attached hydrogen (secondary N) is 1. The SMILES string of the molecule is COCCOc1cc(C)ccc1NCc1cnco1. The molecule has 1 aromatic carbocycles. The Morgan fingerprint density at radius 1 is 1.32 bits per heavy atom. The Morgan fingerprint density at radius 2 is 2.21 bits per heavy atom. The maximum absolute atomic E-state index is 5.69. The number of rotatable bonds is 7. The molecule has 0 bridgehead atoms. The fourth-order valence-electron chi connectivity index (χ4n) is 1.64. The standard InChI is InChI=1S/C14H18N2O3/c1-11-3-4-13(14(7-11)18-6-5-17-2)16-9-12-8-15-10-19-12/h3-4,7-8,10,16H,5-6,9H2,1-2H3. The van der Waals surface area contributed by atoms with Crippen LogP contribution >= 0.6 is 0 Å². The topological polar surface area (TPSA) is 56.5 Å². The smallest absolute Gasteiger partial charge is 0.180 e. The monoisotopic (exact) mass is 262 g/mol. The van der Waals surface area contributed by atoms with Crippen LogP contribution in [0.2, 0.25) is 0 Å². The van der Waals surface area contributed by atoms with Crippen LogP contribution in [-0.2, 0) is 11.3 Å². The Hall–Kier alpha value is -2.01. The van der Waals surface area contributed by atoms with Crippen molar-refractivity contribution in [1.29, 1.82) is 0 Å². The minimum absolute atomic E-state index is 0.525. The summed E-state index contributed by atoms with van der Waals surface area (Å²) in [5, 5.41) is 3.27. The van der Waals surface area contributed by atoms with Crippen molar-refractivity contribution in [3.8, 4) is 5.75 Å². The minimum atomic E-state index is 0.525. The van der Waals surface area contributed by atoms with E-state index in [0.29, 0.717) is 19.8 Å². The van der Waals surface area contributed by atoms with E-state index in [2.05, 4.69) is 10.3 Å². The van der Waals surface area contributed by atoms with E-state index in [1.54, 1.807) is 13.3 Å². The van der Waals surface area contributed by atoms with Crippen molar-refractivity contribution in [2.75, 3.05) is 25.6 Å². The van der Waals surface area contributed by atoms with Crippen LogP contribution in [0.1, 0.15) is 11.3 Å². The zero-order valence-corrected chi connectivity index (χ0v) is 11.2. The predicted molar refractivity (Wildman–Crippen MR) is 72.4 cm³/mol. The van der Waals surface area contributed by atoms with Gasteiger partial charge in [-0.3, -0.25) is 0 Å². The van der Waals surface area contributed by atoms with Crippen LogP contribution in [0.4, 0.5) is 5.69 Å². The number of oxazole rings is 1. The summed E-state index contributed by atoms with van der Waals surface area (Å²) in [5.74, 6) is 1.60. The number of benzene rings is 1. The molecule has 0 unspecified atom stereocenters. The largest absolute Gasteiger partial charge is 0.489 e. The van der Waals surface area contributed by atoms with E-state index in [1.165, 1.54) is 6.39 Å². The molecule has 2 aromatic rings. The zero-order chi connectivity index (χ0) is 13.5. The van der Waals surface area contributed by atoms with Gasteiger partial charge in [-0.1, -0.05) is 6.07 Å². The number of methoxy groups -OCH3 is 1. The summed E-state index contributed by atoms with van der Waals surface area (Å²) in [5.41, 5.74) is 2.08. The lowest BCUT2D eigenvalue weighted by atomic mass is 10.2.